The van der Waals surface area contributed by atoms with Crippen LogP contribution in [0, 0.1) is 5.92 Å². The Labute approximate surface area is 94.2 Å². The van der Waals surface area contributed by atoms with Gasteiger partial charge in [-0.25, -0.2) is 0 Å². The average molecular weight is 214 g/mol. The number of ether oxygens (including phenoxy) is 1. The molecule has 90 valence electrons. The first-order valence-electron chi connectivity index (χ1n) is 6.21. The average Bonchev–Trinajstić information content (AvgIpc) is 2.24. The minimum absolute atomic E-state index is 0.686. The molecule has 3 nitrogen and oxygen atoms in total. The van der Waals surface area contributed by atoms with Crippen LogP contribution in [0.25, 0.3) is 0 Å². The van der Waals surface area contributed by atoms with Crippen LogP contribution in [0.5, 0.6) is 0 Å². The van der Waals surface area contributed by atoms with E-state index in [1.807, 2.05) is 0 Å². The van der Waals surface area contributed by atoms with E-state index in [9.17, 15) is 0 Å². The molecule has 1 rings (SSSR count). The highest BCUT2D eigenvalue weighted by molar-refractivity contribution is 4.79. The summed E-state index contributed by atoms with van der Waals surface area (Å²) >= 11 is 0. The second-order valence-corrected chi connectivity index (χ2v) is 4.67. The molecule has 0 bridgehead atoms. The molecule has 2 unspecified atom stereocenters. The predicted molar refractivity (Wildman–Crippen MR) is 64.2 cm³/mol. The van der Waals surface area contributed by atoms with Gasteiger partial charge < -0.3 is 10.1 Å². The van der Waals surface area contributed by atoms with E-state index in [-0.39, 0.29) is 0 Å². The van der Waals surface area contributed by atoms with Crippen LogP contribution < -0.4 is 5.32 Å². The molecule has 0 aromatic heterocycles. The zero-order valence-corrected chi connectivity index (χ0v) is 10.5. The van der Waals surface area contributed by atoms with E-state index in [1.54, 1.807) is 7.11 Å². The topological polar surface area (TPSA) is 24.5 Å². The van der Waals surface area contributed by atoms with Gasteiger partial charge in [-0.05, 0) is 31.8 Å². The van der Waals surface area contributed by atoms with Crippen LogP contribution in [0.3, 0.4) is 0 Å². The molecule has 0 aliphatic carbocycles. The zero-order valence-electron chi connectivity index (χ0n) is 10.5. The Morgan fingerprint density at radius 3 is 2.87 bits per heavy atom. The summed E-state index contributed by atoms with van der Waals surface area (Å²) < 4.78 is 5.12. The first-order chi connectivity index (χ1) is 7.26. The van der Waals surface area contributed by atoms with Crippen molar-refractivity contribution in [2.75, 3.05) is 39.9 Å². The van der Waals surface area contributed by atoms with Crippen LogP contribution in [0.2, 0.25) is 0 Å². The third-order valence-corrected chi connectivity index (χ3v) is 3.29. The van der Waals surface area contributed by atoms with Crippen LogP contribution in [0.1, 0.15) is 26.7 Å². The van der Waals surface area contributed by atoms with Crippen molar-refractivity contribution in [3.63, 3.8) is 0 Å². The molecule has 3 heteroatoms. The fourth-order valence-electron chi connectivity index (χ4n) is 2.27. The van der Waals surface area contributed by atoms with Gasteiger partial charge in [0.1, 0.15) is 0 Å². The lowest BCUT2D eigenvalue weighted by Crippen LogP contribution is -2.46. The Balaban J connectivity index is 2.24. The Bertz CT molecular complexity index is 164. The first kappa shape index (κ1) is 12.9. The van der Waals surface area contributed by atoms with Crippen molar-refractivity contribution in [1.29, 1.82) is 0 Å². The molecule has 0 saturated carbocycles. The Hall–Kier alpha value is -0.120. The Morgan fingerprint density at radius 2 is 2.27 bits per heavy atom. The van der Waals surface area contributed by atoms with Crippen molar-refractivity contribution in [2.24, 2.45) is 5.92 Å². The van der Waals surface area contributed by atoms with Crippen LogP contribution in [-0.4, -0.2) is 50.8 Å². The molecule has 1 aliphatic heterocycles. The molecule has 0 spiro atoms. The van der Waals surface area contributed by atoms with E-state index in [2.05, 4.69) is 24.1 Å². The number of nitrogens with zero attached hydrogens (tertiary/aromatic N) is 1. The number of piperidine rings is 1. The summed E-state index contributed by atoms with van der Waals surface area (Å²) in [6.07, 6.45) is 2.66. The summed E-state index contributed by atoms with van der Waals surface area (Å²) in [5, 5.41) is 3.61. The maximum Gasteiger partial charge on any atom is 0.0589 e. The second kappa shape index (κ2) is 7.20. The first-order valence-corrected chi connectivity index (χ1v) is 6.21. The quantitative estimate of drug-likeness (QED) is 0.722. The number of hydrogen-bond acceptors (Lipinski definition) is 3. The van der Waals surface area contributed by atoms with Gasteiger partial charge in [-0.2, -0.15) is 0 Å². The van der Waals surface area contributed by atoms with E-state index in [0.717, 1.165) is 25.6 Å². The standard InChI is InChI=1S/C12H26N2O/c1-4-14(7-8-15-3)10-12-9-11(2)5-6-13-12/h11-13H,4-10H2,1-3H3. The number of rotatable bonds is 6. The van der Waals surface area contributed by atoms with Gasteiger partial charge in [-0.1, -0.05) is 13.8 Å². The van der Waals surface area contributed by atoms with Crippen LogP contribution in [-0.2, 0) is 4.74 Å². The number of likely N-dealkylation sites (N-methyl/N-ethyl adjacent to an activating group) is 1. The lowest BCUT2D eigenvalue weighted by atomic mass is 9.94. The van der Waals surface area contributed by atoms with E-state index in [4.69, 9.17) is 4.74 Å². The van der Waals surface area contributed by atoms with Gasteiger partial charge in [0, 0.05) is 26.2 Å². The van der Waals surface area contributed by atoms with Crippen molar-refractivity contribution < 1.29 is 4.74 Å². The van der Waals surface area contributed by atoms with Gasteiger partial charge in [-0.15, -0.1) is 0 Å². The van der Waals surface area contributed by atoms with E-state index >= 15 is 0 Å². The maximum atomic E-state index is 5.12. The minimum Gasteiger partial charge on any atom is -0.383 e. The molecular formula is C12H26N2O. The largest absolute Gasteiger partial charge is 0.383 e. The highest BCUT2D eigenvalue weighted by Gasteiger charge is 2.19. The molecule has 0 aromatic carbocycles. The minimum atomic E-state index is 0.686. The summed E-state index contributed by atoms with van der Waals surface area (Å²) in [6.45, 7) is 9.96. The smallest absolute Gasteiger partial charge is 0.0589 e. The van der Waals surface area contributed by atoms with Crippen molar-refractivity contribution in [3.05, 3.63) is 0 Å². The molecule has 0 amide bonds. The number of methoxy groups -OCH3 is 1. The fourth-order valence-corrected chi connectivity index (χ4v) is 2.27. The van der Waals surface area contributed by atoms with Gasteiger partial charge in [0.2, 0.25) is 0 Å². The molecule has 2 atom stereocenters. The number of hydrogen-bond donors (Lipinski definition) is 1. The molecule has 1 N–H and O–H groups in total. The van der Waals surface area contributed by atoms with Crippen LogP contribution in [0.15, 0.2) is 0 Å². The predicted octanol–water partition coefficient (Wildman–Crippen LogP) is 1.34. The molecule has 0 aromatic rings. The number of nitrogens with one attached hydrogen (secondary N) is 1. The maximum absolute atomic E-state index is 5.12. The third-order valence-electron chi connectivity index (χ3n) is 3.29. The van der Waals surface area contributed by atoms with Crippen molar-refractivity contribution in [1.82, 2.24) is 10.2 Å². The summed E-state index contributed by atoms with van der Waals surface area (Å²) in [5.74, 6) is 0.886. The van der Waals surface area contributed by atoms with Crippen LogP contribution in [0.4, 0.5) is 0 Å². The fraction of sp³-hybridized carbons (Fsp3) is 1.00. The molecule has 15 heavy (non-hydrogen) atoms. The summed E-state index contributed by atoms with van der Waals surface area (Å²) in [7, 11) is 1.77. The van der Waals surface area contributed by atoms with Crippen LogP contribution >= 0.6 is 0 Å². The van der Waals surface area contributed by atoms with Gasteiger partial charge in [0.25, 0.3) is 0 Å². The SMILES string of the molecule is CCN(CCOC)CC1CC(C)CCN1. The molecule has 1 heterocycles. The zero-order chi connectivity index (χ0) is 11.1. The molecule has 1 saturated heterocycles. The molecule has 0 radical (unpaired) electrons. The normalized spacial score (nSPS) is 27.2. The monoisotopic (exact) mass is 214 g/mol. The van der Waals surface area contributed by atoms with Gasteiger partial charge in [0.05, 0.1) is 6.61 Å². The van der Waals surface area contributed by atoms with Gasteiger partial charge in [-0.3, -0.25) is 4.90 Å². The summed E-state index contributed by atoms with van der Waals surface area (Å²) in [4.78, 5) is 2.47. The van der Waals surface area contributed by atoms with Crippen molar-refractivity contribution in [2.45, 2.75) is 32.7 Å². The van der Waals surface area contributed by atoms with Crippen molar-refractivity contribution in [3.8, 4) is 0 Å². The Kier molecular flexibility index (Phi) is 6.22. The lowest BCUT2D eigenvalue weighted by Gasteiger charge is -2.32. The lowest BCUT2D eigenvalue weighted by molar-refractivity contribution is 0.137. The van der Waals surface area contributed by atoms with Gasteiger partial charge >= 0.3 is 0 Å². The van der Waals surface area contributed by atoms with Crippen molar-refractivity contribution >= 4 is 0 Å². The van der Waals surface area contributed by atoms with Gasteiger partial charge in [0.15, 0.2) is 0 Å². The Morgan fingerprint density at radius 1 is 1.47 bits per heavy atom. The molecular weight excluding hydrogens is 188 g/mol. The molecule has 1 fully saturated rings. The van der Waals surface area contributed by atoms with E-state index < -0.39 is 0 Å². The van der Waals surface area contributed by atoms with E-state index in [0.29, 0.717) is 6.04 Å². The molecule has 1 aliphatic rings. The summed E-state index contributed by atoms with van der Waals surface area (Å²) in [5.41, 5.74) is 0. The highest BCUT2D eigenvalue weighted by Crippen LogP contribution is 2.15. The second-order valence-electron chi connectivity index (χ2n) is 4.67. The van der Waals surface area contributed by atoms with E-state index in [1.165, 1.54) is 25.9 Å². The highest BCUT2D eigenvalue weighted by atomic mass is 16.5. The summed E-state index contributed by atoms with van der Waals surface area (Å²) in [6, 6.07) is 0.686. The third kappa shape index (κ3) is 4.96.